The molecule has 4 rings (SSSR count). The molecule has 220 valence electrons. The summed E-state index contributed by atoms with van der Waals surface area (Å²) in [5.74, 6) is -2.12. The Labute approximate surface area is 240 Å². The Kier molecular flexibility index (Phi) is 10.5. The molecule has 0 unspecified atom stereocenters. The zero-order valence-corrected chi connectivity index (χ0v) is 23.9. The molecule has 41 heavy (non-hydrogen) atoms. The second-order valence-electron chi connectivity index (χ2n) is 11.1. The van der Waals surface area contributed by atoms with Crippen molar-refractivity contribution < 1.29 is 24.3 Å². The Morgan fingerprint density at radius 2 is 1.85 bits per heavy atom. The zero-order valence-electron chi connectivity index (χ0n) is 23.9. The number of fused-ring (bicyclic) bond motifs is 1. The maximum atomic E-state index is 13.4. The number of aromatic nitrogens is 1. The number of carbonyl (C=O) groups excluding carboxylic acids is 3. The van der Waals surface area contributed by atoms with Crippen molar-refractivity contribution in [3.05, 3.63) is 47.8 Å². The molecule has 10 nitrogen and oxygen atoms in total. The predicted octanol–water partition coefficient (Wildman–Crippen LogP) is 3.35. The Morgan fingerprint density at radius 3 is 2.59 bits per heavy atom. The number of pyridine rings is 1. The van der Waals surface area contributed by atoms with E-state index in [4.69, 9.17) is 0 Å². The highest BCUT2D eigenvalue weighted by molar-refractivity contribution is 5.92. The van der Waals surface area contributed by atoms with Crippen LogP contribution in [0, 0.1) is 5.92 Å². The third-order valence-corrected chi connectivity index (χ3v) is 8.01. The number of carboxylic acids is 1. The lowest BCUT2D eigenvalue weighted by Crippen LogP contribution is -2.61. The first-order valence-corrected chi connectivity index (χ1v) is 14.7. The summed E-state index contributed by atoms with van der Waals surface area (Å²) in [6.45, 7) is 4.06. The Balaban J connectivity index is 1.37. The van der Waals surface area contributed by atoms with E-state index in [9.17, 15) is 24.3 Å². The average molecular weight is 564 g/mol. The van der Waals surface area contributed by atoms with Gasteiger partial charge >= 0.3 is 5.97 Å². The molecule has 2 aromatic rings. The third kappa shape index (κ3) is 8.13. The van der Waals surface area contributed by atoms with Gasteiger partial charge in [0.15, 0.2) is 0 Å². The summed E-state index contributed by atoms with van der Waals surface area (Å²) in [5.41, 5.74) is 4.74. The summed E-state index contributed by atoms with van der Waals surface area (Å²) in [7, 11) is 0. The lowest BCUT2D eigenvalue weighted by Gasteiger charge is -2.34. The lowest BCUT2D eigenvalue weighted by atomic mass is 9.83. The molecule has 4 N–H and O–H groups in total. The number of amides is 3. The molecule has 1 aliphatic carbocycles. The molecular weight excluding hydrogens is 522 g/mol. The van der Waals surface area contributed by atoms with Crippen LogP contribution in [0.15, 0.2) is 36.5 Å². The second-order valence-corrected chi connectivity index (χ2v) is 11.1. The highest BCUT2D eigenvalue weighted by atomic mass is 16.4. The number of hydrogen-bond acceptors (Lipinski definition) is 6. The first kappa shape index (κ1) is 30.2. The minimum absolute atomic E-state index is 0.0154. The van der Waals surface area contributed by atoms with Crippen LogP contribution in [0.5, 0.6) is 0 Å². The predicted molar refractivity (Wildman–Crippen MR) is 156 cm³/mol. The summed E-state index contributed by atoms with van der Waals surface area (Å²) in [6, 6.07) is 5.83. The van der Waals surface area contributed by atoms with Crippen molar-refractivity contribution in [1.29, 1.82) is 0 Å². The SMILES string of the molecule is CCc1ccc2cnc(/C=C/CC(=O)N[C@H](C(=O)N[C@@H](C)C(=O)N3CCC[C@@H](C(=O)O)N3)C3CCCCC3)cc2c1. The third-order valence-electron chi connectivity index (χ3n) is 8.01. The van der Waals surface area contributed by atoms with Crippen LogP contribution in [-0.4, -0.2) is 63.5 Å². The van der Waals surface area contributed by atoms with Crippen molar-refractivity contribution in [1.82, 2.24) is 26.1 Å². The molecule has 2 fully saturated rings. The smallest absolute Gasteiger partial charge is 0.322 e. The van der Waals surface area contributed by atoms with Crippen LogP contribution in [0.4, 0.5) is 0 Å². The number of aliphatic carboxylic acids is 1. The van der Waals surface area contributed by atoms with Gasteiger partial charge in [-0.05, 0) is 68.0 Å². The Hall–Kier alpha value is -3.79. The van der Waals surface area contributed by atoms with E-state index in [1.807, 2.05) is 18.3 Å². The van der Waals surface area contributed by atoms with E-state index in [1.165, 1.54) is 10.6 Å². The zero-order chi connectivity index (χ0) is 29.4. The van der Waals surface area contributed by atoms with Gasteiger partial charge in [-0.25, -0.2) is 5.43 Å². The van der Waals surface area contributed by atoms with Crippen molar-refractivity contribution in [2.75, 3.05) is 6.54 Å². The van der Waals surface area contributed by atoms with Crippen molar-refractivity contribution in [2.24, 2.45) is 5.92 Å². The highest BCUT2D eigenvalue weighted by Gasteiger charge is 2.34. The normalized spacial score (nSPS) is 19.6. The molecule has 2 heterocycles. The maximum absolute atomic E-state index is 13.4. The molecule has 1 saturated heterocycles. The molecule has 1 aromatic heterocycles. The number of carbonyl (C=O) groups is 4. The maximum Gasteiger partial charge on any atom is 0.322 e. The molecule has 10 heteroatoms. The van der Waals surface area contributed by atoms with Gasteiger partial charge in [-0.3, -0.25) is 29.2 Å². The Bertz CT molecular complexity index is 1290. The number of nitrogens with zero attached hydrogens (tertiary/aromatic N) is 2. The molecule has 2 aliphatic rings. The number of rotatable bonds is 10. The Morgan fingerprint density at radius 1 is 1.07 bits per heavy atom. The number of nitrogens with one attached hydrogen (secondary N) is 3. The minimum Gasteiger partial charge on any atom is -0.480 e. The monoisotopic (exact) mass is 563 g/mol. The van der Waals surface area contributed by atoms with Crippen LogP contribution < -0.4 is 16.1 Å². The molecule has 3 amide bonds. The van der Waals surface area contributed by atoms with Crippen LogP contribution in [0.3, 0.4) is 0 Å². The fourth-order valence-corrected chi connectivity index (χ4v) is 5.62. The second kappa shape index (κ2) is 14.2. The van der Waals surface area contributed by atoms with E-state index in [2.05, 4.69) is 46.2 Å². The van der Waals surface area contributed by atoms with Crippen molar-refractivity contribution in [2.45, 2.75) is 89.8 Å². The topological polar surface area (TPSA) is 141 Å². The van der Waals surface area contributed by atoms with Crippen molar-refractivity contribution in [3.8, 4) is 0 Å². The van der Waals surface area contributed by atoms with Crippen molar-refractivity contribution in [3.63, 3.8) is 0 Å². The van der Waals surface area contributed by atoms with Gasteiger partial charge in [0, 0.05) is 24.5 Å². The fourth-order valence-electron chi connectivity index (χ4n) is 5.62. The average Bonchev–Trinajstić information content (AvgIpc) is 2.99. The summed E-state index contributed by atoms with van der Waals surface area (Å²) >= 11 is 0. The van der Waals surface area contributed by atoms with E-state index in [-0.39, 0.29) is 18.2 Å². The standard InChI is InChI=1S/C31H41N5O5/c1-3-21-14-15-23-19-32-25(18-24(23)17-21)11-7-13-27(37)34-28(22-9-5-4-6-10-22)29(38)33-20(2)30(39)36-16-8-12-26(35-36)31(40)41/h7,11,14-15,17-20,22,26,28,35H,3-6,8-10,12-13,16H2,1-2H3,(H,33,38)(H,34,37)(H,40,41)/b11-7+/t20-,26-,28-/m0/s1. The van der Waals surface area contributed by atoms with Gasteiger partial charge < -0.3 is 15.7 Å². The molecule has 1 aliphatic heterocycles. The quantitative estimate of drug-likeness (QED) is 0.347. The van der Waals surface area contributed by atoms with Crippen LogP contribution in [0.1, 0.15) is 76.5 Å². The van der Waals surface area contributed by atoms with Gasteiger partial charge in [0.1, 0.15) is 18.1 Å². The van der Waals surface area contributed by atoms with Crippen LogP contribution in [0.2, 0.25) is 0 Å². The van der Waals surface area contributed by atoms with E-state index >= 15 is 0 Å². The molecule has 0 radical (unpaired) electrons. The van der Waals surface area contributed by atoms with Gasteiger partial charge in [-0.15, -0.1) is 0 Å². The van der Waals surface area contributed by atoms with E-state index in [0.717, 1.165) is 55.0 Å². The lowest BCUT2D eigenvalue weighted by molar-refractivity contribution is -0.148. The van der Waals surface area contributed by atoms with E-state index < -0.39 is 35.9 Å². The number of carboxylic acid groups (broad SMARTS) is 1. The molecular formula is C31H41N5O5. The molecule has 1 saturated carbocycles. The molecule has 0 bridgehead atoms. The van der Waals surface area contributed by atoms with Gasteiger partial charge in [-0.1, -0.05) is 50.5 Å². The summed E-state index contributed by atoms with van der Waals surface area (Å²) in [4.78, 5) is 55.1. The first-order valence-electron chi connectivity index (χ1n) is 14.7. The molecule has 0 spiro atoms. The number of hydrazine groups is 1. The van der Waals surface area contributed by atoms with Crippen LogP contribution in [0.25, 0.3) is 16.8 Å². The largest absolute Gasteiger partial charge is 0.480 e. The summed E-state index contributed by atoms with van der Waals surface area (Å²) < 4.78 is 0. The van der Waals surface area contributed by atoms with E-state index in [1.54, 1.807) is 13.0 Å². The summed E-state index contributed by atoms with van der Waals surface area (Å²) in [5, 5.41) is 18.4. The highest BCUT2D eigenvalue weighted by Crippen LogP contribution is 2.27. The minimum atomic E-state index is -1.02. The first-order chi connectivity index (χ1) is 19.7. The van der Waals surface area contributed by atoms with Gasteiger partial charge in [-0.2, -0.15) is 0 Å². The number of hydrogen-bond donors (Lipinski definition) is 4. The molecule has 3 atom stereocenters. The molecule has 1 aromatic carbocycles. The van der Waals surface area contributed by atoms with Crippen LogP contribution >= 0.6 is 0 Å². The van der Waals surface area contributed by atoms with Crippen LogP contribution in [-0.2, 0) is 25.6 Å². The summed E-state index contributed by atoms with van der Waals surface area (Å²) in [6.07, 6.45) is 12.1. The van der Waals surface area contributed by atoms with Gasteiger partial charge in [0.25, 0.3) is 5.91 Å². The van der Waals surface area contributed by atoms with E-state index in [0.29, 0.717) is 19.4 Å². The van der Waals surface area contributed by atoms with Gasteiger partial charge in [0.05, 0.1) is 5.69 Å². The fraction of sp³-hybridized carbons (Fsp3) is 0.516. The number of benzene rings is 1. The van der Waals surface area contributed by atoms with Gasteiger partial charge in [0.2, 0.25) is 11.8 Å². The number of aryl methyl sites for hydroxylation is 1. The van der Waals surface area contributed by atoms with Crippen molar-refractivity contribution >= 4 is 40.5 Å².